The van der Waals surface area contributed by atoms with Gasteiger partial charge in [-0.25, -0.2) is 0 Å². The average Bonchev–Trinajstić information content (AvgIpc) is 3.11. The number of carbonyl (C=O) groups excluding carboxylic acids is 1. The number of likely N-dealkylation sites (tertiary alicyclic amines) is 1. The molecule has 4 aliphatic rings. The van der Waals surface area contributed by atoms with Crippen LogP contribution in [0.4, 0.5) is 0 Å². The fourth-order valence-electron chi connectivity index (χ4n) is 4.73. The first-order valence-electron chi connectivity index (χ1n) is 8.67. The Balaban J connectivity index is 1.41. The van der Waals surface area contributed by atoms with Crippen molar-refractivity contribution in [2.24, 2.45) is 11.8 Å². The predicted octanol–water partition coefficient (Wildman–Crippen LogP) is -0.0346. The smallest absolute Gasteiger partial charge is 0.310 e. The monoisotopic (exact) mass is 336 g/mol. The fourth-order valence-corrected chi connectivity index (χ4v) is 4.73. The molecule has 0 radical (unpaired) electrons. The van der Waals surface area contributed by atoms with Gasteiger partial charge in [-0.1, -0.05) is 12.2 Å². The molecule has 0 aromatic carbocycles. The zero-order valence-electron chi connectivity index (χ0n) is 13.9. The first-order chi connectivity index (χ1) is 11.5. The number of carboxylic acids is 1. The maximum atomic E-state index is 12.8. The zero-order valence-corrected chi connectivity index (χ0v) is 13.9. The average molecular weight is 336 g/mol. The van der Waals surface area contributed by atoms with Gasteiger partial charge in [0.15, 0.2) is 0 Å². The van der Waals surface area contributed by atoms with Crippen molar-refractivity contribution in [1.29, 1.82) is 0 Å². The highest BCUT2D eigenvalue weighted by molar-refractivity contribution is 5.91. The highest BCUT2D eigenvalue weighted by atomic mass is 16.5. The van der Waals surface area contributed by atoms with Crippen molar-refractivity contribution in [3.8, 4) is 0 Å². The van der Waals surface area contributed by atoms with Gasteiger partial charge in [0.1, 0.15) is 11.5 Å². The van der Waals surface area contributed by atoms with Crippen molar-refractivity contribution in [1.82, 2.24) is 9.80 Å². The van der Waals surface area contributed by atoms with E-state index in [0.717, 1.165) is 39.3 Å². The first kappa shape index (κ1) is 16.1. The topological polar surface area (TPSA) is 79.3 Å². The van der Waals surface area contributed by atoms with Crippen LogP contribution in [0.3, 0.4) is 0 Å². The van der Waals surface area contributed by atoms with Crippen LogP contribution in [0.5, 0.6) is 0 Å². The van der Waals surface area contributed by atoms with Gasteiger partial charge >= 0.3 is 5.97 Å². The second-order valence-electron chi connectivity index (χ2n) is 7.44. The van der Waals surface area contributed by atoms with Gasteiger partial charge in [0.05, 0.1) is 31.3 Å². The third kappa shape index (κ3) is 2.29. The van der Waals surface area contributed by atoms with E-state index in [1.165, 1.54) is 0 Å². The van der Waals surface area contributed by atoms with Gasteiger partial charge in [-0.05, 0) is 13.3 Å². The lowest BCUT2D eigenvalue weighted by Crippen LogP contribution is -2.43. The van der Waals surface area contributed by atoms with Gasteiger partial charge in [-0.3, -0.25) is 14.5 Å². The lowest BCUT2D eigenvalue weighted by Gasteiger charge is -2.28. The molecule has 4 atom stereocenters. The van der Waals surface area contributed by atoms with Crippen molar-refractivity contribution < 1.29 is 24.2 Å². The van der Waals surface area contributed by atoms with Crippen LogP contribution in [0.25, 0.3) is 0 Å². The Morgan fingerprint density at radius 3 is 2.79 bits per heavy atom. The van der Waals surface area contributed by atoms with Crippen LogP contribution < -0.4 is 0 Å². The van der Waals surface area contributed by atoms with Crippen molar-refractivity contribution in [2.45, 2.75) is 24.5 Å². The Kier molecular flexibility index (Phi) is 3.71. The Morgan fingerprint density at radius 1 is 1.33 bits per heavy atom. The lowest BCUT2D eigenvalue weighted by atomic mass is 9.72. The molecule has 4 aliphatic heterocycles. The second-order valence-corrected chi connectivity index (χ2v) is 7.44. The molecule has 4 rings (SSSR count). The molecular weight excluding hydrogens is 312 g/mol. The summed E-state index contributed by atoms with van der Waals surface area (Å²) in [4.78, 5) is 28.7. The Morgan fingerprint density at radius 2 is 2.08 bits per heavy atom. The summed E-state index contributed by atoms with van der Waals surface area (Å²) in [5.41, 5.74) is -1.60. The first-order valence-corrected chi connectivity index (χ1v) is 8.67. The molecule has 7 heteroatoms. The SMILES string of the molecule is C[C@@]12C=C[C@]3(CN(CCCN4CCOCC4)C(=O)[C@@H]3[C@@H]1C(=O)O)O2. The summed E-state index contributed by atoms with van der Waals surface area (Å²) >= 11 is 0. The molecular formula is C17H24N2O5. The molecule has 2 bridgehead atoms. The minimum atomic E-state index is -0.947. The van der Waals surface area contributed by atoms with E-state index in [-0.39, 0.29) is 5.91 Å². The summed E-state index contributed by atoms with van der Waals surface area (Å²) in [6.07, 6.45) is 4.62. The zero-order chi connectivity index (χ0) is 16.9. The molecule has 7 nitrogen and oxygen atoms in total. The Bertz CT molecular complexity index is 588. The maximum absolute atomic E-state index is 12.8. The van der Waals surface area contributed by atoms with Gasteiger partial charge < -0.3 is 19.5 Å². The summed E-state index contributed by atoms with van der Waals surface area (Å²) in [6.45, 7) is 7.23. The van der Waals surface area contributed by atoms with E-state index in [4.69, 9.17) is 9.47 Å². The van der Waals surface area contributed by atoms with E-state index in [1.807, 2.05) is 12.2 Å². The summed E-state index contributed by atoms with van der Waals surface area (Å²) in [7, 11) is 0. The lowest BCUT2D eigenvalue weighted by molar-refractivity contribution is -0.150. The number of aliphatic carboxylic acids is 1. The molecule has 132 valence electrons. The van der Waals surface area contributed by atoms with Crippen molar-refractivity contribution in [2.75, 3.05) is 45.9 Å². The third-order valence-electron chi connectivity index (χ3n) is 5.87. The van der Waals surface area contributed by atoms with E-state index in [2.05, 4.69) is 4.90 Å². The van der Waals surface area contributed by atoms with Gasteiger partial charge in [0, 0.05) is 26.2 Å². The van der Waals surface area contributed by atoms with E-state index in [1.54, 1.807) is 11.8 Å². The molecule has 0 saturated carbocycles. The molecule has 0 unspecified atom stereocenters. The second kappa shape index (κ2) is 5.54. The molecule has 1 amide bonds. The van der Waals surface area contributed by atoms with Crippen molar-refractivity contribution in [3.63, 3.8) is 0 Å². The molecule has 0 aliphatic carbocycles. The van der Waals surface area contributed by atoms with Crippen molar-refractivity contribution in [3.05, 3.63) is 12.2 Å². The summed E-state index contributed by atoms with van der Waals surface area (Å²) in [5.74, 6) is -2.40. The van der Waals surface area contributed by atoms with Crippen molar-refractivity contribution >= 4 is 11.9 Å². The number of ether oxygens (including phenoxy) is 2. The van der Waals surface area contributed by atoms with E-state index in [9.17, 15) is 14.7 Å². The van der Waals surface area contributed by atoms with Crippen LogP contribution >= 0.6 is 0 Å². The maximum Gasteiger partial charge on any atom is 0.310 e. The number of fused-ring (bicyclic) bond motifs is 1. The molecule has 3 fully saturated rings. The molecule has 24 heavy (non-hydrogen) atoms. The predicted molar refractivity (Wildman–Crippen MR) is 84.4 cm³/mol. The number of carboxylic acid groups (broad SMARTS) is 1. The highest BCUT2D eigenvalue weighted by Gasteiger charge is 2.71. The number of amides is 1. The highest BCUT2D eigenvalue weighted by Crippen LogP contribution is 2.57. The van der Waals surface area contributed by atoms with Crippen LogP contribution in [0.2, 0.25) is 0 Å². The standard InChI is InChI=1S/C17H24N2O5/c1-16-3-4-17(24-16)11-19(14(20)12(17)13(16)15(21)22)6-2-5-18-7-9-23-10-8-18/h3-4,12-13H,2,5-11H2,1H3,(H,21,22)/t12-,13+,16+,17+/m0/s1. The normalized spacial score (nSPS) is 41.2. The summed E-state index contributed by atoms with van der Waals surface area (Å²) in [6, 6.07) is 0. The number of rotatable bonds is 5. The van der Waals surface area contributed by atoms with E-state index < -0.39 is 29.0 Å². The van der Waals surface area contributed by atoms with Gasteiger partial charge in [0.25, 0.3) is 0 Å². The largest absolute Gasteiger partial charge is 0.481 e. The number of morpholine rings is 1. The van der Waals surface area contributed by atoms with Gasteiger partial charge in [0.2, 0.25) is 5.91 Å². The molecule has 4 heterocycles. The number of hydrogen-bond acceptors (Lipinski definition) is 5. The van der Waals surface area contributed by atoms with Crippen LogP contribution in [0.15, 0.2) is 12.2 Å². The van der Waals surface area contributed by atoms with Gasteiger partial charge in [-0.2, -0.15) is 0 Å². The number of nitrogens with zero attached hydrogens (tertiary/aromatic N) is 2. The van der Waals surface area contributed by atoms with E-state index >= 15 is 0 Å². The number of carbonyl (C=O) groups is 2. The fraction of sp³-hybridized carbons (Fsp3) is 0.765. The van der Waals surface area contributed by atoms with Gasteiger partial charge in [-0.15, -0.1) is 0 Å². The van der Waals surface area contributed by atoms with Crippen LogP contribution in [0.1, 0.15) is 13.3 Å². The minimum absolute atomic E-state index is 0.0718. The molecule has 3 saturated heterocycles. The van der Waals surface area contributed by atoms with E-state index in [0.29, 0.717) is 13.1 Å². The Labute approximate surface area is 141 Å². The summed E-state index contributed by atoms with van der Waals surface area (Å²) in [5, 5.41) is 9.59. The molecule has 0 aromatic heterocycles. The quantitative estimate of drug-likeness (QED) is 0.710. The Hall–Kier alpha value is -1.44. The summed E-state index contributed by atoms with van der Waals surface area (Å²) < 4.78 is 11.4. The number of hydrogen-bond donors (Lipinski definition) is 1. The van der Waals surface area contributed by atoms with Crippen LogP contribution in [-0.2, 0) is 19.1 Å². The molecule has 1 spiro atoms. The molecule has 0 aromatic rings. The van der Waals surface area contributed by atoms with Crippen LogP contribution in [0, 0.1) is 11.8 Å². The minimum Gasteiger partial charge on any atom is -0.481 e. The molecule has 1 N–H and O–H groups in total. The third-order valence-corrected chi connectivity index (χ3v) is 5.87. The van der Waals surface area contributed by atoms with Crippen LogP contribution in [-0.4, -0.2) is 83.9 Å².